The van der Waals surface area contributed by atoms with E-state index in [9.17, 15) is 4.79 Å². The van der Waals surface area contributed by atoms with Gasteiger partial charge in [-0.05, 0) is 25.0 Å². The van der Waals surface area contributed by atoms with Gasteiger partial charge in [0.2, 0.25) is 0 Å². The zero-order valence-corrected chi connectivity index (χ0v) is 9.67. The molecule has 18 heavy (non-hydrogen) atoms. The van der Waals surface area contributed by atoms with Crippen LogP contribution < -0.4 is 5.32 Å². The second kappa shape index (κ2) is 5.47. The van der Waals surface area contributed by atoms with E-state index in [0.29, 0.717) is 30.9 Å². The van der Waals surface area contributed by atoms with E-state index in [1.165, 1.54) is 0 Å². The highest BCUT2D eigenvalue weighted by Crippen LogP contribution is 2.20. The molecule has 2 unspecified atom stereocenters. The first kappa shape index (κ1) is 12.3. The highest BCUT2D eigenvalue weighted by atomic mass is 16.5. The lowest BCUT2D eigenvalue weighted by Crippen LogP contribution is -2.24. The summed E-state index contributed by atoms with van der Waals surface area (Å²) in [5.74, 6) is -0.321. The van der Waals surface area contributed by atoms with Gasteiger partial charge in [0.25, 0.3) is 0 Å². The molecule has 1 aliphatic rings. The number of hydrogen-bond acceptors (Lipinski definition) is 5. The van der Waals surface area contributed by atoms with E-state index >= 15 is 0 Å². The van der Waals surface area contributed by atoms with Crippen molar-refractivity contribution < 1.29 is 14.6 Å². The Morgan fingerprint density at radius 1 is 1.61 bits per heavy atom. The van der Waals surface area contributed by atoms with Crippen LogP contribution in [0, 0.1) is 11.3 Å². The molecule has 1 aromatic heterocycles. The summed E-state index contributed by atoms with van der Waals surface area (Å²) < 4.78 is 5.35. The summed E-state index contributed by atoms with van der Waals surface area (Å²) in [5, 5.41) is 20.5. The third-order valence-electron chi connectivity index (χ3n) is 2.76. The van der Waals surface area contributed by atoms with Gasteiger partial charge in [-0.3, -0.25) is 0 Å². The normalized spacial score (nSPS) is 22.4. The molecule has 1 fully saturated rings. The molecular weight excluding hydrogens is 234 g/mol. The molecule has 0 amide bonds. The van der Waals surface area contributed by atoms with E-state index < -0.39 is 12.1 Å². The Balaban J connectivity index is 1.85. The molecule has 2 rings (SSSR count). The van der Waals surface area contributed by atoms with Gasteiger partial charge < -0.3 is 15.2 Å². The maximum absolute atomic E-state index is 10.7. The number of nitriles is 1. The zero-order valence-electron chi connectivity index (χ0n) is 9.67. The molecule has 0 spiro atoms. The van der Waals surface area contributed by atoms with Crippen LogP contribution >= 0.6 is 0 Å². The van der Waals surface area contributed by atoms with E-state index in [4.69, 9.17) is 15.1 Å². The maximum Gasteiger partial charge on any atom is 0.332 e. The number of aromatic nitrogens is 1. The van der Waals surface area contributed by atoms with Crippen LogP contribution in [0.15, 0.2) is 18.2 Å². The molecule has 1 aromatic rings. The molecule has 0 aliphatic carbocycles. The number of nitrogens with one attached hydrogen (secondary N) is 1. The summed E-state index contributed by atoms with van der Waals surface area (Å²) in [4.78, 5) is 14.8. The second-order valence-electron chi connectivity index (χ2n) is 4.06. The van der Waals surface area contributed by atoms with Crippen molar-refractivity contribution >= 4 is 11.8 Å². The van der Waals surface area contributed by atoms with Gasteiger partial charge in [0, 0.05) is 6.54 Å². The molecular formula is C12H13N3O3. The van der Waals surface area contributed by atoms with Gasteiger partial charge in [0.05, 0.1) is 6.10 Å². The molecule has 1 aliphatic heterocycles. The highest BCUT2D eigenvalue weighted by molar-refractivity contribution is 5.72. The Hall–Kier alpha value is -2.13. The van der Waals surface area contributed by atoms with Crippen LogP contribution in [0.2, 0.25) is 0 Å². The molecule has 1 saturated heterocycles. The lowest BCUT2D eigenvalue weighted by molar-refractivity contribution is -0.149. The number of rotatable bonds is 4. The van der Waals surface area contributed by atoms with E-state index in [1.807, 2.05) is 6.07 Å². The number of hydrogen-bond donors (Lipinski definition) is 2. The van der Waals surface area contributed by atoms with Gasteiger partial charge >= 0.3 is 5.97 Å². The molecule has 94 valence electrons. The highest BCUT2D eigenvalue weighted by Gasteiger charge is 2.30. The Kier molecular flexibility index (Phi) is 3.75. The van der Waals surface area contributed by atoms with Gasteiger partial charge in [-0.1, -0.05) is 6.07 Å². The van der Waals surface area contributed by atoms with Gasteiger partial charge in [0.15, 0.2) is 6.10 Å². The lowest BCUT2D eigenvalue weighted by atomic mass is 10.2. The molecule has 0 radical (unpaired) electrons. The SMILES string of the molecule is N#Cc1cccc(NCC2CCC(C(=O)O)O2)n1. The van der Waals surface area contributed by atoms with Gasteiger partial charge in [0.1, 0.15) is 17.6 Å². The van der Waals surface area contributed by atoms with E-state index in [0.717, 1.165) is 0 Å². The van der Waals surface area contributed by atoms with E-state index in [1.54, 1.807) is 18.2 Å². The topological polar surface area (TPSA) is 95.2 Å². The maximum atomic E-state index is 10.7. The Bertz CT molecular complexity index is 484. The number of carboxylic acid groups (broad SMARTS) is 1. The zero-order chi connectivity index (χ0) is 13.0. The number of anilines is 1. The third-order valence-corrected chi connectivity index (χ3v) is 2.76. The standard InChI is InChI=1S/C12H13N3O3/c13-6-8-2-1-3-11(15-8)14-7-9-4-5-10(18-9)12(16)17/h1-3,9-10H,4-5,7H2,(H,14,15)(H,16,17). The van der Waals surface area contributed by atoms with Crippen LogP contribution in [-0.2, 0) is 9.53 Å². The monoisotopic (exact) mass is 247 g/mol. The second-order valence-corrected chi connectivity index (χ2v) is 4.06. The predicted molar refractivity (Wildman–Crippen MR) is 63.0 cm³/mol. The quantitative estimate of drug-likeness (QED) is 0.824. The largest absolute Gasteiger partial charge is 0.479 e. The fourth-order valence-electron chi connectivity index (χ4n) is 1.85. The van der Waals surface area contributed by atoms with Crippen LogP contribution in [0.5, 0.6) is 0 Å². The van der Waals surface area contributed by atoms with Crippen molar-refractivity contribution in [2.24, 2.45) is 0 Å². The molecule has 2 heterocycles. The Labute approximate surface area is 104 Å². The Morgan fingerprint density at radius 3 is 3.11 bits per heavy atom. The molecule has 2 N–H and O–H groups in total. The molecule has 6 nitrogen and oxygen atoms in total. The minimum atomic E-state index is -0.915. The minimum Gasteiger partial charge on any atom is -0.479 e. The smallest absolute Gasteiger partial charge is 0.332 e. The summed E-state index contributed by atoms with van der Waals surface area (Å²) in [6, 6.07) is 7.07. The first-order chi connectivity index (χ1) is 8.69. The fourth-order valence-corrected chi connectivity index (χ4v) is 1.85. The van der Waals surface area contributed by atoms with E-state index in [2.05, 4.69) is 10.3 Å². The van der Waals surface area contributed by atoms with Crippen LogP contribution in [0.25, 0.3) is 0 Å². The number of nitrogens with zero attached hydrogens (tertiary/aromatic N) is 2. The average molecular weight is 247 g/mol. The number of aliphatic carboxylic acids is 1. The van der Waals surface area contributed by atoms with Crippen LogP contribution in [0.3, 0.4) is 0 Å². The Morgan fingerprint density at radius 2 is 2.44 bits per heavy atom. The molecule has 0 saturated carbocycles. The van der Waals surface area contributed by atoms with Crippen molar-refractivity contribution in [1.82, 2.24) is 4.98 Å². The summed E-state index contributed by atoms with van der Waals surface area (Å²) in [5.41, 5.74) is 0.343. The summed E-state index contributed by atoms with van der Waals surface area (Å²) in [7, 11) is 0. The lowest BCUT2D eigenvalue weighted by Gasteiger charge is -2.12. The number of carboxylic acids is 1. The van der Waals surface area contributed by atoms with Gasteiger partial charge in [-0.25, -0.2) is 9.78 Å². The van der Waals surface area contributed by atoms with Crippen LogP contribution in [0.1, 0.15) is 18.5 Å². The molecule has 0 aromatic carbocycles. The van der Waals surface area contributed by atoms with Gasteiger partial charge in [-0.15, -0.1) is 0 Å². The van der Waals surface area contributed by atoms with Crippen LogP contribution in [0.4, 0.5) is 5.82 Å². The van der Waals surface area contributed by atoms with Crippen molar-refractivity contribution in [3.8, 4) is 6.07 Å². The first-order valence-corrected chi connectivity index (χ1v) is 5.68. The van der Waals surface area contributed by atoms with Crippen LogP contribution in [-0.4, -0.2) is 34.8 Å². The fraction of sp³-hybridized carbons (Fsp3) is 0.417. The summed E-state index contributed by atoms with van der Waals surface area (Å²) in [6.45, 7) is 0.492. The number of pyridine rings is 1. The summed E-state index contributed by atoms with van der Waals surface area (Å²) in [6.07, 6.45) is 0.420. The third kappa shape index (κ3) is 2.96. The molecule has 6 heteroatoms. The molecule has 0 bridgehead atoms. The summed E-state index contributed by atoms with van der Waals surface area (Å²) >= 11 is 0. The van der Waals surface area contributed by atoms with Crippen molar-refractivity contribution in [2.75, 3.05) is 11.9 Å². The van der Waals surface area contributed by atoms with Crippen molar-refractivity contribution in [2.45, 2.75) is 25.0 Å². The van der Waals surface area contributed by atoms with Crippen molar-refractivity contribution in [3.05, 3.63) is 23.9 Å². The first-order valence-electron chi connectivity index (χ1n) is 5.68. The van der Waals surface area contributed by atoms with E-state index in [-0.39, 0.29) is 6.10 Å². The van der Waals surface area contributed by atoms with Crippen molar-refractivity contribution in [1.29, 1.82) is 5.26 Å². The average Bonchev–Trinajstić information content (AvgIpc) is 2.85. The number of carbonyl (C=O) groups is 1. The van der Waals surface area contributed by atoms with Crippen molar-refractivity contribution in [3.63, 3.8) is 0 Å². The predicted octanol–water partition coefficient (Wildman–Crippen LogP) is 0.997. The minimum absolute atomic E-state index is 0.126. The van der Waals surface area contributed by atoms with Gasteiger partial charge in [-0.2, -0.15) is 5.26 Å². The number of ether oxygens (including phenoxy) is 1. The molecule has 2 atom stereocenters.